The number of nitrogens with zero attached hydrogens (tertiary/aromatic N) is 2. The molecule has 0 spiro atoms. The maximum Gasteiger partial charge on any atom is 0.326 e. The van der Waals surface area contributed by atoms with Gasteiger partial charge in [-0.15, -0.1) is 0 Å². The van der Waals surface area contributed by atoms with Gasteiger partial charge in [0.1, 0.15) is 10.4 Å². The number of fused-ring (bicyclic) bond motifs is 1. The Morgan fingerprint density at radius 3 is 2.58 bits per heavy atom. The number of hydrogen-bond donors (Lipinski definition) is 1. The van der Waals surface area contributed by atoms with E-state index in [0.717, 1.165) is 22.3 Å². The summed E-state index contributed by atoms with van der Waals surface area (Å²) in [6.07, 6.45) is 0. The molecule has 0 aliphatic carbocycles. The Balaban J connectivity index is 2.14. The van der Waals surface area contributed by atoms with Gasteiger partial charge in [0, 0.05) is 12.1 Å². The van der Waals surface area contributed by atoms with Gasteiger partial charge >= 0.3 is 5.97 Å². The fourth-order valence-corrected chi connectivity index (χ4v) is 4.28. The van der Waals surface area contributed by atoms with Crippen LogP contribution in [0.2, 0.25) is 0 Å². The summed E-state index contributed by atoms with van der Waals surface area (Å²) < 4.78 is 0.151. The van der Waals surface area contributed by atoms with Gasteiger partial charge in [0.2, 0.25) is 0 Å². The molecule has 1 fully saturated rings. The highest BCUT2D eigenvalue weighted by atomic mass is 32.2. The van der Waals surface area contributed by atoms with E-state index in [1.54, 1.807) is 17.0 Å². The lowest BCUT2D eigenvalue weighted by atomic mass is 10.1. The van der Waals surface area contributed by atoms with E-state index in [0.29, 0.717) is 17.7 Å². The second-order valence-electron chi connectivity index (χ2n) is 5.33. The van der Waals surface area contributed by atoms with Crippen molar-refractivity contribution in [3.63, 3.8) is 0 Å². The zero-order valence-electron chi connectivity index (χ0n) is 13.0. The van der Waals surface area contributed by atoms with Crippen LogP contribution in [-0.4, -0.2) is 44.7 Å². The lowest BCUT2D eigenvalue weighted by molar-refractivity contribution is -0.144. The number of thioether (sulfide) groups is 1. The van der Waals surface area contributed by atoms with Gasteiger partial charge < -0.3 is 10.0 Å². The highest BCUT2D eigenvalue weighted by Crippen LogP contribution is 2.44. The number of carbonyl (C=O) groups is 3. The number of carboxylic acid groups (broad SMARTS) is 1. The first kappa shape index (κ1) is 16.7. The first-order chi connectivity index (χ1) is 11.4. The second-order valence-corrected chi connectivity index (χ2v) is 6.97. The minimum atomic E-state index is -1.15. The summed E-state index contributed by atoms with van der Waals surface area (Å²) in [6.45, 7) is 3.73. The zero-order valence-corrected chi connectivity index (χ0v) is 14.6. The molecule has 1 atom stereocenters. The number of benzene rings is 1. The number of aliphatic carboxylic acids is 1. The van der Waals surface area contributed by atoms with Crippen LogP contribution in [0.15, 0.2) is 29.2 Å². The third-order valence-corrected chi connectivity index (χ3v) is 5.41. The number of rotatable bonds is 3. The predicted molar refractivity (Wildman–Crippen MR) is 95.5 cm³/mol. The number of anilines is 1. The smallest absolute Gasteiger partial charge is 0.326 e. The van der Waals surface area contributed by atoms with Crippen LogP contribution < -0.4 is 4.90 Å². The number of thiocarbonyl (C=S) groups is 1. The molecule has 2 heterocycles. The quantitative estimate of drug-likeness (QED) is 0.655. The highest BCUT2D eigenvalue weighted by Gasteiger charge is 2.44. The van der Waals surface area contributed by atoms with E-state index in [2.05, 4.69) is 0 Å². The summed E-state index contributed by atoms with van der Waals surface area (Å²) in [5.41, 5.74) is 1.72. The second kappa shape index (κ2) is 6.03. The lowest BCUT2D eigenvalue weighted by Crippen LogP contribution is -2.41. The average molecular weight is 362 g/mol. The SMILES string of the molecule is CCN1C(=O)/C(=C2\SC(=S)N([C@H](C)C(=O)O)C2=O)c2ccccc21. The molecule has 0 aromatic heterocycles. The maximum atomic E-state index is 12.8. The van der Waals surface area contributed by atoms with Gasteiger partial charge in [0.15, 0.2) is 0 Å². The molecule has 1 aromatic carbocycles. The Labute approximate surface area is 148 Å². The van der Waals surface area contributed by atoms with Crippen molar-refractivity contribution in [2.75, 3.05) is 11.4 Å². The van der Waals surface area contributed by atoms with Gasteiger partial charge in [-0.25, -0.2) is 4.79 Å². The van der Waals surface area contributed by atoms with Crippen LogP contribution in [0.25, 0.3) is 5.57 Å². The van der Waals surface area contributed by atoms with Gasteiger partial charge in [-0.05, 0) is 19.9 Å². The third kappa shape index (κ3) is 2.33. The summed E-state index contributed by atoms with van der Waals surface area (Å²) >= 11 is 6.15. The standard InChI is InChI=1S/C16H14N2O4S2/c1-3-17-10-7-5-4-6-9(10)11(13(17)19)12-14(20)18(16(23)24-12)8(2)15(21)22/h4-8H,3H2,1-2H3,(H,21,22)/b12-11-/t8-/m1/s1. The van der Waals surface area contributed by atoms with Crippen molar-refractivity contribution in [3.8, 4) is 0 Å². The molecule has 0 bridgehead atoms. The topological polar surface area (TPSA) is 77.9 Å². The molecular formula is C16H14N2O4S2. The van der Waals surface area contributed by atoms with Crippen molar-refractivity contribution < 1.29 is 19.5 Å². The molecule has 1 aromatic rings. The Bertz CT molecular complexity index is 818. The van der Waals surface area contributed by atoms with E-state index < -0.39 is 17.9 Å². The van der Waals surface area contributed by atoms with E-state index >= 15 is 0 Å². The van der Waals surface area contributed by atoms with Crippen molar-refractivity contribution in [3.05, 3.63) is 34.7 Å². The monoisotopic (exact) mass is 362 g/mol. The number of amides is 2. The summed E-state index contributed by atoms with van der Waals surface area (Å²) in [6, 6.07) is 6.15. The molecule has 8 heteroatoms. The number of carboxylic acids is 1. The molecule has 124 valence electrons. The average Bonchev–Trinajstić information content (AvgIpc) is 2.99. The molecular weight excluding hydrogens is 348 g/mol. The number of hydrogen-bond acceptors (Lipinski definition) is 5. The molecule has 2 amide bonds. The Morgan fingerprint density at radius 1 is 1.29 bits per heavy atom. The van der Waals surface area contributed by atoms with Gasteiger partial charge in [-0.3, -0.25) is 14.5 Å². The van der Waals surface area contributed by atoms with Crippen LogP contribution in [0.5, 0.6) is 0 Å². The van der Waals surface area contributed by atoms with Gasteiger partial charge in [0.05, 0.1) is 16.2 Å². The summed E-state index contributed by atoms with van der Waals surface area (Å²) in [5, 5.41) is 9.17. The number of para-hydroxylation sites is 1. The molecule has 2 aliphatic heterocycles. The van der Waals surface area contributed by atoms with E-state index in [1.165, 1.54) is 6.92 Å². The Morgan fingerprint density at radius 2 is 1.96 bits per heavy atom. The first-order valence-electron chi connectivity index (χ1n) is 7.32. The molecule has 0 radical (unpaired) electrons. The highest BCUT2D eigenvalue weighted by molar-refractivity contribution is 8.26. The first-order valence-corrected chi connectivity index (χ1v) is 8.54. The molecule has 1 N–H and O–H groups in total. The van der Waals surface area contributed by atoms with Crippen molar-refractivity contribution in [1.82, 2.24) is 4.90 Å². The molecule has 0 unspecified atom stereocenters. The Kier molecular flexibility index (Phi) is 4.18. The van der Waals surface area contributed by atoms with Crippen LogP contribution >= 0.6 is 24.0 Å². The molecule has 3 rings (SSSR count). The summed E-state index contributed by atoms with van der Waals surface area (Å²) in [7, 11) is 0. The zero-order chi connectivity index (χ0) is 17.6. The predicted octanol–water partition coefficient (Wildman–Crippen LogP) is 2.10. The van der Waals surface area contributed by atoms with Crippen LogP contribution in [0, 0.1) is 0 Å². The Hall–Kier alpha value is -2.19. The van der Waals surface area contributed by atoms with E-state index in [-0.39, 0.29) is 15.1 Å². The molecule has 1 saturated heterocycles. The molecule has 24 heavy (non-hydrogen) atoms. The third-order valence-electron chi connectivity index (χ3n) is 4.01. The normalized spacial score (nSPS) is 21.5. The fraction of sp³-hybridized carbons (Fsp3) is 0.250. The fourth-order valence-electron chi connectivity index (χ4n) is 2.79. The summed E-state index contributed by atoms with van der Waals surface area (Å²) in [5.74, 6) is -1.94. The van der Waals surface area contributed by atoms with Crippen molar-refractivity contribution in [1.29, 1.82) is 0 Å². The van der Waals surface area contributed by atoms with Gasteiger partial charge in [0.25, 0.3) is 11.8 Å². The van der Waals surface area contributed by atoms with E-state index in [4.69, 9.17) is 17.3 Å². The van der Waals surface area contributed by atoms with Crippen LogP contribution in [0.1, 0.15) is 19.4 Å². The van der Waals surface area contributed by atoms with Gasteiger partial charge in [-0.2, -0.15) is 0 Å². The van der Waals surface area contributed by atoms with Crippen LogP contribution in [0.4, 0.5) is 5.69 Å². The maximum absolute atomic E-state index is 12.8. The van der Waals surface area contributed by atoms with Crippen LogP contribution in [0.3, 0.4) is 0 Å². The summed E-state index contributed by atoms with van der Waals surface area (Å²) in [4.78, 5) is 39.5. The van der Waals surface area contributed by atoms with Crippen molar-refractivity contribution >= 4 is 57.3 Å². The van der Waals surface area contributed by atoms with Crippen LogP contribution in [-0.2, 0) is 14.4 Å². The van der Waals surface area contributed by atoms with Gasteiger partial charge in [-0.1, -0.05) is 42.2 Å². The van der Waals surface area contributed by atoms with E-state index in [1.807, 2.05) is 19.1 Å². The lowest BCUT2D eigenvalue weighted by Gasteiger charge is -2.18. The van der Waals surface area contributed by atoms with Crippen molar-refractivity contribution in [2.45, 2.75) is 19.9 Å². The minimum absolute atomic E-state index is 0.151. The number of carbonyl (C=O) groups excluding carboxylic acids is 2. The number of likely N-dealkylation sites (N-methyl/N-ethyl adjacent to an activating group) is 1. The van der Waals surface area contributed by atoms with Crippen molar-refractivity contribution in [2.24, 2.45) is 0 Å². The minimum Gasteiger partial charge on any atom is -0.480 e. The molecule has 2 aliphatic rings. The largest absolute Gasteiger partial charge is 0.480 e. The molecule has 0 saturated carbocycles. The van der Waals surface area contributed by atoms with E-state index in [9.17, 15) is 14.4 Å². The molecule has 6 nitrogen and oxygen atoms in total.